The number of amides is 1. The molecular formula is C19H16N6O2. The third-order valence-corrected chi connectivity index (χ3v) is 4.15. The van der Waals surface area contributed by atoms with E-state index in [4.69, 9.17) is 0 Å². The minimum absolute atomic E-state index is 0.00153. The Bertz CT molecular complexity index is 1150. The molecule has 27 heavy (non-hydrogen) atoms. The number of fused-ring (bicyclic) bond motifs is 1. The van der Waals surface area contributed by atoms with Crippen LogP contribution in [0.15, 0.2) is 72.2 Å². The van der Waals surface area contributed by atoms with E-state index in [0.29, 0.717) is 23.1 Å². The Kier molecular flexibility index (Phi) is 4.44. The van der Waals surface area contributed by atoms with Crippen LogP contribution in [-0.2, 0) is 17.9 Å². The number of nitrogens with one attached hydrogen (secondary N) is 1. The molecule has 0 radical (unpaired) electrons. The van der Waals surface area contributed by atoms with Gasteiger partial charge in [0.15, 0.2) is 0 Å². The molecule has 8 nitrogen and oxygen atoms in total. The van der Waals surface area contributed by atoms with Gasteiger partial charge in [0.05, 0.1) is 18.3 Å². The smallest absolute Gasteiger partial charge is 0.246 e. The minimum Gasteiger partial charge on any atom is -0.324 e. The van der Waals surface area contributed by atoms with E-state index >= 15 is 0 Å². The summed E-state index contributed by atoms with van der Waals surface area (Å²) in [6.45, 7) is 0.494. The van der Waals surface area contributed by atoms with Crippen molar-refractivity contribution in [2.45, 2.75) is 13.1 Å². The molecule has 2 aromatic heterocycles. The molecule has 2 aromatic carbocycles. The zero-order chi connectivity index (χ0) is 18.6. The molecule has 0 aliphatic carbocycles. The van der Waals surface area contributed by atoms with Crippen molar-refractivity contribution in [2.24, 2.45) is 0 Å². The zero-order valence-electron chi connectivity index (χ0n) is 14.3. The number of carbonyl (C=O) groups is 1. The van der Waals surface area contributed by atoms with Crippen LogP contribution in [-0.4, -0.2) is 30.5 Å². The summed E-state index contributed by atoms with van der Waals surface area (Å²) >= 11 is 0. The van der Waals surface area contributed by atoms with Crippen molar-refractivity contribution in [1.29, 1.82) is 0 Å². The standard InChI is InChI=1S/C19H16N6O2/c26-18-9-21-25(17-8-4-2-6-15(17)18)11-19(27)23-16-7-3-1-5-14(16)10-24-13-20-12-22-24/h1-9,12-13H,10-11H2,(H,23,27). The van der Waals surface area contributed by atoms with Gasteiger partial charge in [-0.25, -0.2) is 9.67 Å². The maximum Gasteiger partial charge on any atom is 0.246 e. The van der Waals surface area contributed by atoms with Gasteiger partial charge in [-0.05, 0) is 23.8 Å². The van der Waals surface area contributed by atoms with Crippen LogP contribution in [0.5, 0.6) is 0 Å². The first-order chi connectivity index (χ1) is 13.2. The number of para-hydroxylation sites is 2. The molecule has 4 aromatic rings. The number of carbonyl (C=O) groups excluding carboxylic acids is 1. The van der Waals surface area contributed by atoms with Gasteiger partial charge in [-0.15, -0.1) is 0 Å². The van der Waals surface area contributed by atoms with Gasteiger partial charge in [0.1, 0.15) is 19.2 Å². The van der Waals surface area contributed by atoms with Crippen LogP contribution in [0.1, 0.15) is 5.56 Å². The molecule has 0 spiro atoms. The predicted molar refractivity (Wildman–Crippen MR) is 100 cm³/mol. The van der Waals surface area contributed by atoms with Gasteiger partial charge >= 0.3 is 0 Å². The molecule has 0 fully saturated rings. The largest absolute Gasteiger partial charge is 0.324 e. The van der Waals surface area contributed by atoms with Crippen LogP contribution in [0.4, 0.5) is 5.69 Å². The average molecular weight is 360 g/mol. The highest BCUT2D eigenvalue weighted by Crippen LogP contribution is 2.16. The fourth-order valence-electron chi connectivity index (χ4n) is 2.88. The molecule has 1 N–H and O–H groups in total. The summed E-state index contributed by atoms with van der Waals surface area (Å²) in [5, 5.41) is 11.6. The van der Waals surface area contributed by atoms with E-state index in [1.54, 1.807) is 29.2 Å². The Labute approximate surface area is 154 Å². The van der Waals surface area contributed by atoms with Crippen LogP contribution < -0.4 is 10.7 Å². The quantitative estimate of drug-likeness (QED) is 0.584. The molecule has 0 aliphatic rings. The second-order valence-electron chi connectivity index (χ2n) is 5.98. The number of hydrogen-bond acceptors (Lipinski definition) is 5. The summed E-state index contributed by atoms with van der Waals surface area (Å²) < 4.78 is 3.20. The monoisotopic (exact) mass is 360 g/mol. The SMILES string of the molecule is O=C(Cn1ncc(=O)c2ccccc21)Nc1ccccc1Cn1cncn1. The highest BCUT2D eigenvalue weighted by molar-refractivity contribution is 5.92. The fraction of sp³-hybridized carbons (Fsp3) is 0.105. The van der Waals surface area contributed by atoms with Crippen LogP contribution in [0.3, 0.4) is 0 Å². The molecule has 0 saturated carbocycles. The second-order valence-corrected chi connectivity index (χ2v) is 5.98. The first-order valence-electron chi connectivity index (χ1n) is 8.36. The van der Waals surface area contributed by atoms with Crippen LogP contribution in [0, 0.1) is 0 Å². The zero-order valence-corrected chi connectivity index (χ0v) is 14.3. The topological polar surface area (TPSA) is 94.7 Å². The molecule has 0 atom stereocenters. The van der Waals surface area contributed by atoms with Crippen molar-refractivity contribution in [2.75, 3.05) is 5.32 Å². The maximum absolute atomic E-state index is 12.6. The summed E-state index contributed by atoms with van der Waals surface area (Å²) in [6, 6.07) is 14.6. The molecule has 1 amide bonds. The van der Waals surface area contributed by atoms with Crippen molar-refractivity contribution in [1.82, 2.24) is 24.5 Å². The van der Waals surface area contributed by atoms with Gasteiger partial charge in [-0.2, -0.15) is 10.2 Å². The van der Waals surface area contributed by atoms with E-state index < -0.39 is 0 Å². The van der Waals surface area contributed by atoms with Crippen LogP contribution in [0.2, 0.25) is 0 Å². The summed E-state index contributed by atoms with van der Waals surface area (Å²) in [5.41, 5.74) is 2.06. The van der Waals surface area contributed by atoms with Crippen molar-refractivity contribution in [3.05, 3.63) is 83.2 Å². The predicted octanol–water partition coefficient (Wildman–Crippen LogP) is 1.67. The van der Waals surface area contributed by atoms with E-state index in [9.17, 15) is 9.59 Å². The summed E-state index contributed by atoms with van der Waals surface area (Å²) in [6.07, 6.45) is 4.32. The molecule has 0 aliphatic heterocycles. The van der Waals surface area contributed by atoms with E-state index in [0.717, 1.165) is 5.56 Å². The van der Waals surface area contributed by atoms with E-state index in [1.165, 1.54) is 17.2 Å². The third-order valence-electron chi connectivity index (χ3n) is 4.15. The molecule has 8 heteroatoms. The number of benzene rings is 2. The Hall–Kier alpha value is -3.81. The van der Waals surface area contributed by atoms with Gasteiger partial charge in [0, 0.05) is 11.1 Å². The average Bonchev–Trinajstić information content (AvgIpc) is 3.19. The molecule has 2 heterocycles. The third kappa shape index (κ3) is 3.59. The molecule has 0 unspecified atom stereocenters. The molecule has 134 valence electrons. The maximum atomic E-state index is 12.6. The van der Waals surface area contributed by atoms with Crippen LogP contribution >= 0.6 is 0 Å². The van der Waals surface area contributed by atoms with Gasteiger partial charge in [0.25, 0.3) is 0 Å². The summed E-state index contributed by atoms with van der Waals surface area (Å²) in [4.78, 5) is 28.4. The van der Waals surface area contributed by atoms with Crippen molar-refractivity contribution >= 4 is 22.5 Å². The molecule has 0 saturated heterocycles. The number of nitrogens with zero attached hydrogens (tertiary/aromatic N) is 5. The Morgan fingerprint density at radius 3 is 2.70 bits per heavy atom. The Balaban J connectivity index is 1.56. The lowest BCUT2D eigenvalue weighted by molar-refractivity contribution is -0.116. The van der Waals surface area contributed by atoms with Gasteiger partial charge in [-0.1, -0.05) is 30.3 Å². The number of rotatable bonds is 5. The number of aromatic nitrogens is 5. The van der Waals surface area contributed by atoms with Gasteiger partial charge in [-0.3, -0.25) is 14.3 Å². The van der Waals surface area contributed by atoms with E-state index in [1.807, 2.05) is 30.3 Å². The molecule has 0 bridgehead atoms. The highest BCUT2D eigenvalue weighted by atomic mass is 16.2. The molecule has 4 rings (SSSR count). The normalized spacial score (nSPS) is 10.8. The van der Waals surface area contributed by atoms with Crippen molar-refractivity contribution < 1.29 is 4.79 Å². The van der Waals surface area contributed by atoms with Gasteiger partial charge in [0.2, 0.25) is 11.3 Å². The van der Waals surface area contributed by atoms with Crippen LogP contribution in [0.25, 0.3) is 10.9 Å². The van der Waals surface area contributed by atoms with Gasteiger partial charge < -0.3 is 5.32 Å². The lowest BCUT2D eigenvalue weighted by Gasteiger charge is -2.13. The first-order valence-corrected chi connectivity index (χ1v) is 8.36. The van der Waals surface area contributed by atoms with E-state index in [-0.39, 0.29) is 17.9 Å². The number of anilines is 1. The first kappa shape index (κ1) is 16.6. The lowest BCUT2D eigenvalue weighted by atomic mass is 10.1. The lowest BCUT2D eigenvalue weighted by Crippen LogP contribution is -2.23. The summed E-state index contributed by atoms with van der Waals surface area (Å²) in [7, 11) is 0. The van der Waals surface area contributed by atoms with Crippen molar-refractivity contribution in [3.63, 3.8) is 0 Å². The minimum atomic E-state index is -0.234. The number of hydrogen-bond donors (Lipinski definition) is 1. The molecular weight excluding hydrogens is 344 g/mol. The summed E-state index contributed by atoms with van der Waals surface area (Å²) in [5.74, 6) is -0.234. The van der Waals surface area contributed by atoms with E-state index in [2.05, 4.69) is 20.5 Å². The fourth-order valence-corrected chi connectivity index (χ4v) is 2.88. The second kappa shape index (κ2) is 7.20. The Morgan fingerprint density at radius 1 is 1.04 bits per heavy atom. The highest BCUT2D eigenvalue weighted by Gasteiger charge is 2.10. The van der Waals surface area contributed by atoms with Crippen molar-refractivity contribution in [3.8, 4) is 0 Å². The Morgan fingerprint density at radius 2 is 1.85 bits per heavy atom.